The van der Waals surface area contributed by atoms with E-state index < -0.39 is 4.92 Å². The van der Waals surface area contributed by atoms with Crippen molar-refractivity contribution < 1.29 is 4.92 Å². The van der Waals surface area contributed by atoms with Gasteiger partial charge < -0.3 is 15.4 Å². The molecule has 0 saturated heterocycles. The van der Waals surface area contributed by atoms with Gasteiger partial charge in [-0.2, -0.15) is 0 Å². The lowest BCUT2D eigenvalue weighted by Gasteiger charge is -2.16. The molecule has 0 radical (unpaired) electrons. The van der Waals surface area contributed by atoms with Gasteiger partial charge in [0.25, 0.3) is 0 Å². The first-order valence-corrected chi connectivity index (χ1v) is 6.03. The molecule has 1 aliphatic carbocycles. The zero-order valence-electron chi connectivity index (χ0n) is 9.93. The van der Waals surface area contributed by atoms with Gasteiger partial charge in [0.15, 0.2) is 0 Å². The number of nitrogens with zero attached hydrogens (tertiary/aromatic N) is 2. The van der Waals surface area contributed by atoms with Crippen LogP contribution in [-0.2, 0) is 6.42 Å². The number of pyridine rings is 1. The first-order valence-electron chi connectivity index (χ1n) is 6.03. The number of rotatable bonds is 6. The van der Waals surface area contributed by atoms with E-state index in [1.54, 1.807) is 12.3 Å². The Balaban J connectivity index is 1.99. The van der Waals surface area contributed by atoms with Crippen molar-refractivity contribution in [3.05, 3.63) is 34.0 Å². The number of aromatic nitrogens is 1. The normalized spacial score (nSPS) is 16.8. The third-order valence-corrected chi connectivity index (χ3v) is 3.11. The summed E-state index contributed by atoms with van der Waals surface area (Å²) in [7, 11) is 0. The molecular formula is C12H17N3O2. The van der Waals surface area contributed by atoms with Crippen LogP contribution < -0.4 is 5.32 Å². The first kappa shape index (κ1) is 12.0. The van der Waals surface area contributed by atoms with E-state index in [1.165, 1.54) is 18.9 Å². The number of likely N-dealkylation sites (N-methyl/N-ethyl adjacent to an activating group) is 1. The number of hydrogen-bond acceptors (Lipinski definition) is 4. The predicted octanol–water partition coefficient (Wildman–Crippen LogP) is 1.92. The van der Waals surface area contributed by atoms with E-state index in [4.69, 9.17) is 0 Å². The van der Waals surface area contributed by atoms with Crippen LogP contribution in [0.1, 0.15) is 25.3 Å². The fraction of sp³-hybridized carbons (Fsp3) is 0.583. The lowest BCUT2D eigenvalue weighted by atomic mass is 10.0. The second-order valence-electron chi connectivity index (χ2n) is 4.49. The van der Waals surface area contributed by atoms with E-state index in [9.17, 15) is 10.1 Å². The van der Waals surface area contributed by atoms with Gasteiger partial charge in [-0.25, -0.2) is 0 Å². The average Bonchev–Trinajstić information content (AvgIpc) is 3.13. The SMILES string of the molecule is CCNC(Cc1ccc([N+](=O)[O-])nc1)C1CC1. The zero-order valence-corrected chi connectivity index (χ0v) is 9.93. The molecule has 0 aromatic carbocycles. The minimum atomic E-state index is -0.466. The Kier molecular flexibility index (Phi) is 3.68. The lowest BCUT2D eigenvalue weighted by molar-refractivity contribution is -0.389. The highest BCUT2D eigenvalue weighted by atomic mass is 16.6. The van der Waals surface area contributed by atoms with Crippen LogP contribution in [0.2, 0.25) is 0 Å². The molecule has 1 fully saturated rings. The number of nitro groups is 1. The molecule has 1 aromatic rings. The molecule has 5 nitrogen and oxygen atoms in total. The largest absolute Gasteiger partial charge is 0.363 e. The molecule has 17 heavy (non-hydrogen) atoms. The third-order valence-electron chi connectivity index (χ3n) is 3.11. The standard InChI is InChI=1S/C12H17N3O2/c1-2-13-11(10-4-5-10)7-9-3-6-12(14-8-9)15(16)17/h3,6,8,10-11,13H,2,4-5,7H2,1H3. The molecule has 92 valence electrons. The molecular weight excluding hydrogens is 218 g/mol. The highest BCUT2D eigenvalue weighted by Crippen LogP contribution is 2.34. The Morgan fingerprint density at radius 1 is 1.59 bits per heavy atom. The van der Waals surface area contributed by atoms with Crippen molar-refractivity contribution in [2.75, 3.05) is 6.54 Å². The van der Waals surface area contributed by atoms with Gasteiger partial charge in [-0.05, 0) is 53.3 Å². The fourth-order valence-corrected chi connectivity index (χ4v) is 2.07. The van der Waals surface area contributed by atoms with Gasteiger partial charge in [0.05, 0.1) is 0 Å². The predicted molar refractivity (Wildman–Crippen MR) is 64.8 cm³/mol. The Labute approximate surface area is 100 Å². The number of nitrogens with one attached hydrogen (secondary N) is 1. The van der Waals surface area contributed by atoms with Gasteiger partial charge in [-0.3, -0.25) is 0 Å². The van der Waals surface area contributed by atoms with E-state index in [2.05, 4.69) is 17.2 Å². The summed E-state index contributed by atoms with van der Waals surface area (Å²) in [5.41, 5.74) is 1.06. The van der Waals surface area contributed by atoms with E-state index >= 15 is 0 Å². The van der Waals surface area contributed by atoms with Crippen LogP contribution >= 0.6 is 0 Å². The van der Waals surface area contributed by atoms with Crippen molar-refractivity contribution in [1.82, 2.24) is 10.3 Å². The summed E-state index contributed by atoms with van der Waals surface area (Å²) in [4.78, 5) is 13.9. The quantitative estimate of drug-likeness (QED) is 0.604. The topological polar surface area (TPSA) is 68.1 Å². The van der Waals surface area contributed by atoms with Crippen molar-refractivity contribution >= 4 is 5.82 Å². The van der Waals surface area contributed by atoms with Crippen molar-refractivity contribution in [2.24, 2.45) is 5.92 Å². The second-order valence-corrected chi connectivity index (χ2v) is 4.49. The zero-order chi connectivity index (χ0) is 12.3. The minimum Gasteiger partial charge on any atom is -0.358 e. The number of hydrogen-bond donors (Lipinski definition) is 1. The lowest BCUT2D eigenvalue weighted by Crippen LogP contribution is -2.32. The van der Waals surface area contributed by atoms with Crippen LogP contribution in [0.25, 0.3) is 0 Å². The van der Waals surface area contributed by atoms with Gasteiger partial charge in [-0.1, -0.05) is 6.92 Å². The van der Waals surface area contributed by atoms with Gasteiger partial charge in [0.1, 0.15) is 6.20 Å². The Morgan fingerprint density at radius 2 is 2.35 bits per heavy atom. The van der Waals surface area contributed by atoms with Crippen molar-refractivity contribution in [2.45, 2.75) is 32.2 Å². The first-order chi connectivity index (χ1) is 8.20. The smallest absolute Gasteiger partial charge is 0.358 e. The molecule has 0 aliphatic heterocycles. The van der Waals surface area contributed by atoms with Crippen LogP contribution in [0.3, 0.4) is 0 Å². The molecule has 1 aromatic heterocycles. The molecule has 1 saturated carbocycles. The monoisotopic (exact) mass is 235 g/mol. The third kappa shape index (κ3) is 3.23. The summed E-state index contributed by atoms with van der Waals surface area (Å²) in [6.07, 6.45) is 5.10. The minimum absolute atomic E-state index is 0.0832. The molecule has 0 amide bonds. The highest BCUT2D eigenvalue weighted by molar-refractivity contribution is 5.23. The van der Waals surface area contributed by atoms with Crippen LogP contribution in [-0.4, -0.2) is 22.5 Å². The summed E-state index contributed by atoms with van der Waals surface area (Å²) in [6, 6.07) is 3.77. The van der Waals surface area contributed by atoms with Crippen LogP contribution in [0.5, 0.6) is 0 Å². The Bertz CT molecular complexity index is 387. The van der Waals surface area contributed by atoms with Crippen molar-refractivity contribution in [3.8, 4) is 0 Å². The van der Waals surface area contributed by atoms with Crippen LogP contribution in [0, 0.1) is 16.0 Å². The summed E-state index contributed by atoms with van der Waals surface area (Å²) in [6.45, 7) is 3.06. The van der Waals surface area contributed by atoms with Gasteiger partial charge in [0, 0.05) is 12.1 Å². The molecule has 0 spiro atoms. The Morgan fingerprint density at radius 3 is 2.82 bits per heavy atom. The molecule has 1 atom stereocenters. The second kappa shape index (κ2) is 5.23. The summed E-state index contributed by atoms with van der Waals surface area (Å²) in [5.74, 6) is 0.685. The van der Waals surface area contributed by atoms with Crippen LogP contribution in [0.4, 0.5) is 5.82 Å². The summed E-state index contributed by atoms with van der Waals surface area (Å²) >= 11 is 0. The molecule has 2 rings (SSSR count). The summed E-state index contributed by atoms with van der Waals surface area (Å²) in [5, 5.41) is 14.0. The maximum Gasteiger partial charge on any atom is 0.363 e. The Hall–Kier alpha value is -1.49. The summed E-state index contributed by atoms with van der Waals surface area (Å²) < 4.78 is 0. The molecule has 1 N–H and O–H groups in total. The average molecular weight is 235 g/mol. The van der Waals surface area contributed by atoms with Crippen LogP contribution in [0.15, 0.2) is 18.3 Å². The van der Waals surface area contributed by atoms with Gasteiger partial charge >= 0.3 is 5.82 Å². The van der Waals surface area contributed by atoms with Crippen molar-refractivity contribution in [3.63, 3.8) is 0 Å². The van der Waals surface area contributed by atoms with E-state index in [0.29, 0.717) is 6.04 Å². The highest BCUT2D eigenvalue weighted by Gasteiger charge is 2.30. The molecule has 1 heterocycles. The van der Waals surface area contributed by atoms with Gasteiger partial charge in [0.2, 0.25) is 0 Å². The molecule has 0 bridgehead atoms. The molecule has 1 unspecified atom stereocenters. The maximum atomic E-state index is 10.5. The van der Waals surface area contributed by atoms with Crippen molar-refractivity contribution in [1.29, 1.82) is 0 Å². The van der Waals surface area contributed by atoms with E-state index in [1.807, 2.05) is 0 Å². The fourth-order valence-electron chi connectivity index (χ4n) is 2.07. The van der Waals surface area contributed by atoms with E-state index in [-0.39, 0.29) is 5.82 Å². The molecule has 5 heteroatoms. The van der Waals surface area contributed by atoms with E-state index in [0.717, 1.165) is 24.4 Å². The molecule has 1 aliphatic rings. The van der Waals surface area contributed by atoms with Gasteiger partial charge in [-0.15, -0.1) is 0 Å². The maximum absolute atomic E-state index is 10.5.